The third kappa shape index (κ3) is 4.85. The van der Waals surface area contributed by atoms with Crippen LogP contribution in [-0.2, 0) is 9.53 Å². The molecule has 0 fully saturated rings. The van der Waals surface area contributed by atoms with Crippen LogP contribution in [-0.4, -0.2) is 40.3 Å². The number of carbonyl (C=O) groups is 3. The average Bonchev–Trinajstić information content (AvgIpc) is 2.89. The number of benzene rings is 1. The number of imide groups is 1. The van der Waals surface area contributed by atoms with E-state index in [2.05, 4.69) is 15.7 Å². The first-order chi connectivity index (χ1) is 12.7. The van der Waals surface area contributed by atoms with Gasteiger partial charge in [0, 0.05) is 6.54 Å². The molecule has 0 saturated carbocycles. The molecule has 27 heavy (non-hydrogen) atoms. The molecule has 8 nitrogen and oxygen atoms in total. The molecule has 0 aliphatic heterocycles. The molecular formula is C18H21ClN4O4. The van der Waals surface area contributed by atoms with E-state index in [1.165, 1.54) is 6.92 Å². The lowest BCUT2D eigenvalue weighted by atomic mass is 10.2. The van der Waals surface area contributed by atoms with Crippen molar-refractivity contribution in [3.63, 3.8) is 0 Å². The van der Waals surface area contributed by atoms with Gasteiger partial charge in [0.2, 0.25) is 0 Å². The predicted octanol–water partition coefficient (Wildman–Crippen LogP) is 2.53. The Morgan fingerprint density at radius 2 is 1.85 bits per heavy atom. The lowest BCUT2D eigenvalue weighted by Crippen LogP contribution is -2.44. The fourth-order valence-electron chi connectivity index (χ4n) is 2.31. The zero-order chi connectivity index (χ0) is 20.1. The van der Waals surface area contributed by atoms with Crippen LogP contribution >= 0.6 is 11.6 Å². The maximum atomic E-state index is 12.2. The Labute approximate surface area is 161 Å². The van der Waals surface area contributed by atoms with E-state index in [0.29, 0.717) is 17.3 Å². The van der Waals surface area contributed by atoms with E-state index in [1.54, 1.807) is 35.9 Å². The molecule has 0 saturated heterocycles. The molecule has 1 heterocycles. The van der Waals surface area contributed by atoms with Gasteiger partial charge in [0.25, 0.3) is 5.91 Å². The molecule has 144 valence electrons. The van der Waals surface area contributed by atoms with Crippen LogP contribution in [0.15, 0.2) is 24.3 Å². The van der Waals surface area contributed by atoms with E-state index in [9.17, 15) is 14.4 Å². The van der Waals surface area contributed by atoms with Crippen LogP contribution in [0, 0.1) is 13.8 Å². The number of aryl methyl sites for hydroxylation is 1. The number of hydrogen-bond donors (Lipinski definition) is 2. The first-order valence-corrected chi connectivity index (χ1v) is 8.74. The lowest BCUT2D eigenvalue weighted by molar-refractivity contribution is -0.127. The van der Waals surface area contributed by atoms with Gasteiger partial charge in [0.15, 0.2) is 6.10 Å². The Morgan fingerprint density at radius 3 is 2.37 bits per heavy atom. The van der Waals surface area contributed by atoms with E-state index in [1.807, 2.05) is 13.8 Å². The SMILES string of the molecule is CCNC(=O)NC(=O)C(C)OC(=O)c1ccc(-n2nc(C)c(Cl)c2C)cc1. The molecule has 2 aromatic rings. The molecule has 0 bridgehead atoms. The molecule has 3 amide bonds. The van der Waals surface area contributed by atoms with E-state index in [0.717, 1.165) is 11.4 Å². The maximum Gasteiger partial charge on any atom is 0.338 e. The number of ether oxygens (including phenoxy) is 1. The number of halogens is 1. The standard InChI is InChI=1S/C18H21ClN4O4/c1-5-20-18(26)21-16(24)12(4)27-17(25)13-6-8-14(9-7-13)23-11(3)15(19)10(2)22-23/h6-9,12H,5H2,1-4H3,(H2,20,21,24,26). The summed E-state index contributed by atoms with van der Waals surface area (Å²) in [7, 11) is 0. The van der Waals surface area contributed by atoms with Gasteiger partial charge in [-0.2, -0.15) is 5.10 Å². The van der Waals surface area contributed by atoms with Gasteiger partial charge in [-0.15, -0.1) is 0 Å². The molecule has 1 unspecified atom stereocenters. The van der Waals surface area contributed by atoms with Crippen LogP contribution in [0.25, 0.3) is 5.69 Å². The molecule has 2 N–H and O–H groups in total. The fraction of sp³-hybridized carbons (Fsp3) is 0.333. The van der Waals surface area contributed by atoms with Crippen molar-refractivity contribution in [2.24, 2.45) is 0 Å². The highest BCUT2D eigenvalue weighted by Crippen LogP contribution is 2.22. The number of aromatic nitrogens is 2. The topological polar surface area (TPSA) is 102 Å². The Kier molecular flexibility index (Phi) is 6.57. The number of rotatable bonds is 5. The Bertz CT molecular complexity index is 861. The summed E-state index contributed by atoms with van der Waals surface area (Å²) in [5.41, 5.74) is 2.51. The summed E-state index contributed by atoms with van der Waals surface area (Å²) < 4.78 is 6.77. The van der Waals surface area contributed by atoms with Crippen LogP contribution in [0.1, 0.15) is 35.6 Å². The summed E-state index contributed by atoms with van der Waals surface area (Å²) in [5, 5.41) is 9.45. The zero-order valence-corrected chi connectivity index (χ0v) is 16.3. The highest BCUT2D eigenvalue weighted by molar-refractivity contribution is 6.31. The van der Waals surface area contributed by atoms with Gasteiger partial charge < -0.3 is 10.1 Å². The summed E-state index contributed by atoms with van der Waals surface area (Å²) in [6.07, 6.45) is -1.12. The summed E-state index contributed by atoms with van der Waals surface area (Å²) in [4.78, 5) is 35.4. The molecule has 1 aromatic heterocycles. The van der Waals surface area contributed by atoms with Crippen molar-refractivity contribution in [3.8, 4) is 5.69 Å². The number of nitrogens with zero attached hydrogens (tertiary/aromatic N) is 2. The van der Waals surface area contributed by atoms with Crippen LogP contribution in [0.2, 0.25) is 5.02 Å². The van der Waals surface area contributed by atoms with Crippen molar-refractivity contribution in [3.05, 3.63) is 46.2 Å². The van der Waals surface area contributed by atoms with Crippen molar-refractivity contribution in [1.29, 1.82) is 0 Å². The van der Waals surface area contributed by atoms with Crippen molar-refractivity contribution in [1.82, 2.24) is 20.4 Å². The van der Waals surface area contributed by atoms with Gasteiger partial charge in [0.1, 0.15) is 0 Å². The molecule has 1 aromatic carbocycles. The smallest absolute Gasteiger partial charge is 0.338 e. The molecular weight excluding hydrogens is 372 g/mol. The molecule has 0 spiro atoms. The van der Waals surface area contributed by atoms with E-state index in [4.69, 9.17) is 16.3 Å². The van der Waals surface area contributed by atoms with Crippen molar-refractivity contribution in [2.75, 3.05) is 6.54 Å². The largest absolute Gasteiger partial charge is 0.449 e. The first-order valence-electron chi connectivity index (χ1n) is 8.36. The van der Waals surface area contributed by atoms with Crippen LogP contribution in [0.4, 0.5) is 4.79 Å². The first kappa shape index (κ1) is 20.4. The quantitative estimate of drug-likeness (QED) is 0.761. The normalized spacial score (nSPS) is 11.6. The van der Waals surface area contributed by atoms with Gasteiger partial charge in [-0.25, -0.2) is 14.3 Å². The molecule has 0 aliphatic carbocycles. The van der Waals surface area contributed by atoms with Gasteiger partial charge in [-0.05, 0) is 52.0 Å². The highest BCUT2D eigenvalue weighted by Gasteiger charge is 2.21. The number of amides is 3. The lowest BCUT2D eigenvalue weighted by Gasteiger charge is -2.13. The molecule has 2 rings (SSSR count). The number of nitrogens with one attached hydrogen (secondary N) is 2. The van der Waals surface area contributed by atoms with Crippen LogP contribution in [0.3, 0.4) is 0 Å². The van der Waals surface area contributed by atoms with Crippen LogP contribution in [0.5, 0.6) is 0 Å². The maximum absolute atomic E-state index is 12.2. The zero-order valence-electron chi connectivity index (χ0n) is 15.5. The second kappa shape index (κ2) is 8.68. The van der Waals surface area contributed by atoms with E-state index in [-0.39, 0.29) is 5.56 Å². The van der Waals surface area contributed by atoms with Crippen molar-refractivity contribution < 1.29 is 19.1 Å². The Balaban J connectivity index is 2.04. The molecule has 0 aliphatic rings. The minimum atomic E-state index is -1.12. The summed E-state index contributed by atoms with van der Waals surface area (Å²) >= 11 is 6.15. The van der Waals surface area contributed by atoms with Gasteiger partial charge in [-0.1, -0.05) is 11.6 Å². The monoisotopic (exact) mass is 392 g/mol. The summed E-state index contributed by atoms with van der Waals surface area (Å²) in [6, 6.07) is 5.89. The minimum absolute atomic E-state index is 0.268. The third-order valence-electron chi connectivity index (χ3n) is 3.78. The Hall–Kier alpha value is -2.87. The number of esters is 1. The highest BCUT2D eigenvalue weighted by atomic mass is 35.5. The number of hydrogen-bond acceptors (Lipinski definition) is 5. The number of carbonyl (C=O) groups excluding carboxylic acids is 3. The van der Waals surface area contributed by atoms with Crippen molar-refractivity contribution in [2.45, 2.75) is 33.8 Å². The van der Waals surface area contributed by atoms with Crippen LogP contribution < -0.4 is 10.6 Å². The third-order valence-corrected chi connectivity index (χ3v) is 4.32. The van der Waals surface area contributed by atoms with Gasteiger partial charge >= 0.3 is 12.0 Å². The van der Waals surface area contributed by atoms with Gasteiger partial charge in [0.05, 0.1) is 27.7 Å². The molecule has 0 radical (unpaired) electrons. The second-order valence-corrected chi connectivity index (χ2v) is 6.22. The summed E-state index contributed by atoms with van der Waals surface area (Å²) in [6.45, 7) is 7.14. The average molecular weight is 393 g/mol. The van der Waals surface area contributed by atoms with E-state index < -0.39 is 24.0 Å². The Morgan fingerprint density at radius 1 is 1.22 bits per heavy atom. The second-order valence-electron chi connectivity index (χ2n) is 5.84. The summed E-state index contributed by atoms with van der Waals surface area (Å²) in [5.74, 6) is -1.38. The predicted molar refractivity (Wildman–Crippen MR) is 100 cm³/mol. The van der Waals surface area contributed by atoms with E-state index >= 15 is 0 Å². The fourth-order valence-corrected chi connectivity index (χ4v) is 2.43. The number of urea groups is 1. The molecule has 1 atom stereocenters. The minimum Gasteiger partial charge on any atom is -0.449 e. The molecule has 9 heteroatoms. The van der Waals surface area contributed by atoms with Gasteiger partial charge in [-0.3, -0.25) is 10.1 Å². The van der Waals surface area contributed by atoms with Crippen molar-refractivity contribution >= 4 is 29.5 Å².